The smallest absolute Gasteiger partial charge is 0.233 e. The molecule has 2 heterocycles. The number of hydrogen-bond acceptors (Lipinski definition) is 4. The van der Waals surface area contributed by atoms with Gasteiger partial charge in [0.25, 0.3) is 0 Å². The van der Waals surface area contributed by atoms with Crippen molar-refractivity contribution in [1.82, 2.24) is 19.7 Å². The first-order valence-corrected chi connectivity index (χ1v) is 11.2. The Bertz CT molecular complexity index is 990. The molecule has 1 aliphatic heterocycles. The highest BCUT2D eigenvalue weighted by Crippen LogP contribution is 2.26. The summed E-state index contributed by atoms with van der Waals surface area (Å²) in [5.74, 6) is 1.41. The quantitative estimate of drug-likeness (QED) is 0.548. The van der Waals surface area contributed by atoms with Gasteiger partial charge in [-0.2, -0.15) is 0 Å². The van der Waals surface area contributed by atoms with Gasteiger partial charge >= 0.3 is 0 Å². The van der Waals surface area contributed by atoms with E-state index in [1.54, 1.807) is 12.1 Å². The molecule has 2 aromatic carbocycles. The maximum atomic E-state index is 13.4. The van der Waals surface area contributed by atoms with Crippen molar-refractivity contribution in [3.8, 4) is 11.4 Å². The Kier molecular flexibility index (Phi) is 6.47. The summed E-state index contributed by atoms with van der Waals surface area (Å²) in [6, 6.07) is 16.3. The van der Waals surface area contributed by atoms with Crippen LogP contribution in [0.2, 0.25) is 0 Å². The Hall–Kier alpha value is -2.67. The van der Waals surface area contributed by atoms with Crippen LogP contribution in [0.25, 0.3) is 11.4 Å². The van der Waals surface area contributed by atoms with E-state index in [9.17, 15) is 9.18 Å². The lowest BCUT2D eigenvalue weighted by Gasteiger charge is -2.30. The first-order chi connectivity index (χ1) is 14.6. The minimum Gasteiger partial charge on any atom is -0.342 e. The standard InChI is InChI=1S/C23H25FN4OS/c1-17-6-5-13-27(14-17)21(29)16-30-23-26-25-22(19-9-11-20(24)12-10-19)28(23)15-18-7-3-2-4-8-18/h2-4,7-12,17H,5-6,13-16H2,1H3/t17-/m1/s1. The van der Waals surface area contributed by atoms with Crippen LogP contribution in [0.3, 0.4) is 0 Å². The number of carbonyl (C=O) groups excluding carboxylic acids is 1. The zero-order chi connectivity index (χ0) is 20.9. The van der Waals surface area contributed by atoms with E-state index in [-0.39, 0.29) is 11.7 Å². The number of hydrogen-bond donors (Lipinski definition) is 0. The molecule has 156 valence electrons. The number of likely N-dealkylation sites (tertiary alicyclic amines) is 1. The van der Waals surface area contributed by atoms with E-state index in [1.165, 1.54) is 30.3 Å². The van der Waals surface area contributed by atoms with Crippen LogP contribution in [0, 0.1) is 11.7 Å². The van der Waals surface area contributed by atoms with Gasteiger partial charge in [0.2, 0.25) is 5.91 Å². The molecule has 0 N–H and O–H groups in total. The topological polar surface area (TPSA) is 51.0 Å². The fourth-order valence-electron chi connectivity index (χ4n) is 3.75. The molecule has 3 aromatic rings. The number of nitrogens with zero attached hydrogens (tertiary/aromatic N) is 4. The van der Waals surface area contributed by atoms with E-state index >= 15 is 0 Å². The van der Waals surface area contributed by atoms with Gasteiger partial charge in [-0.05, 0) is 48.6 Å². The predicted molar refractivity (Wildman–Crippen MR) is 117 cm³/mol. The Morgan fingerprint density at radius 1 is 1.13 bits per heavy atom. The van der Waals surface area contributed by atoms with Crippen molar-refractivity contribution in [3.05, 3.63) is 66.0 Å². The molecule has 1 amide bonds. The molecule has 1 fully saturated rings. The van der Waals surface area contributed by atoms with Gasteiger partial charge in [0, 0.05) is 18.7 Å². The van der Waals surface area contributed by atoms with Gasteiger partial charge in [0.15, 0.2) is 11.0 Å². The van der Waals surface area contributed by atoms with E-state index in [0.29, 0.717) is 29.2 Å². The number of thioether (sulfide) groups is 1. The maximum Gasteiger partial charge on any atom is 0.233 e. The van der Waals surface area contributed by atoms with Crippen LogP contribution in [0.5, 0.6) is 0 Å². The third-order valence-corrected chi connectivity index (χ3v) is 6.29. The number of carbonyl (C=O) groups is 1. The molecule has 0 spiro atoms. The molecule has 30 heavy (non-hydrogen) atoms. The van der Waals surface area contributed by atoms with Gasteiger partial charge in [-0.25, -0.2) is 4.39 Å². The van der Waals surface area contributed by atoms with Crippen molar-refractivity contribution in [3.63, 3.8) is 0 Å². The van der Waals surface area contributed by atoms with Gasteiger partial charge < -0.3 is 4.90 Å². The number of piperidine rings is 1. The van der Waals surface area contributed by atoms with Crippen molar-refractivity contribution in [2.24, 2.45) is 5.92 Å². The number of rotatable bonds is 6. The minimum atomic E-state index is -0.288. The summed E-state index contributed by atoms with van der Waals surface area (Å²) in [6.07, 6.45) is 2.25. The van der Waals surface area contributed by atoms with E-state index in [1.807, 2.05) is 39.8 Å². The second-order valence-corrected chi connectivity index (χ2v) is 8.70. The van der Waals surface area contributed by atoms with Crippen LogP contribution in [0.4, 0.5) is 4.39 Å². The molecule has 1 saturated heterocycles. The molecule has 7 heteroatoms. The summed E-state index contributed by atoms with van der Waals surface area (Å²) in [7, 11) is 0. The maximum absolute atomic E-state index is 13.4. The Morgan fingerprint density at radius 2 is 1.90 bits per heavy atom. The highest BCUT2D eigenvalue weighted by atomic mass is 32.2. The summed E-state index contributed by atoms with van der Waals surface area (Å²) >= 11 is 1.41. The number of benzene rings is 2. The summed E-state index contributed by atoms with van der Waals surface area (Å²) < 4.78 is 15.4. The lowest BCUT2D eigenvalue weighted by atomic mass is 10.0. The van der Waals surface area contributed by atoms with Crippen LogP contribution in [-0.2, 0) is 11.3 Å². The van der Waals surface area contributed by atoms with Gasteiger partial charge in [-0.1, -0.05) is 49.0 Å². The predicted octanol–water partition coefficient (Wildman–Crippen LogP) is 4.48. The molecule has 0 bridgehead atoms. The Morgan fingerprint density at radius 3 is 2.63 bits per heavy atom. The van der Waals surface area contributed by atoms with E-state index in [4.69, 9.17) is 0 Å². The van der Waals surface area contributed by atoms with Crippen molar-refractivity contribution in [2.45, 2.75) is 31.5 Å². The Labute approximate surface area is 180 Å². The van der Waals surface area contributed by atoms with Crippen LogP contribution >= 0.6 is 11.8 Å². The molecule has 1 atom stereocenters. The largest absolute Gasteiger partial charge is 0.342 e. The fraction of sp³-hybridized carbons (Fsp3) is 0.348. The lowest BCUT2D eigenvalue weighted by molar-refractivity contribution is -0.130. The first kappa shape index (κ1) is 20.6. The van der Waals surface area contributed by atoms with Gasteiger partial charge in [0.1, 0.15) is 5.82 Å². The monoisotopic (exact) mass is 424 g/mol. The summed E-state index contributed by atoms with van der Waals surface area (Å²) in [5.41, 5.74) is 1.90. The van der Waals surface area contributed by atoms with Gasteiger partial charge in [0.05, 0.1) is 12.3 Å². The van der Waals surface area contributed by atoms with Crippen molar-refractivity contribution in [1.29, 1.82) is 0 Å². The average molecular weight is 425 g/mol. The van der Waals surface area contributed by atoms with E-state index in [2.05, 4.69) is 17.1 Å². The third kappa shape index (κ3) is 4.90. The first-order valence-electron chi connectivity index (χ1n) is 10.2. The molecule has 0 saturated carbocycles. The molecule has 0 radical (unpaired) electrons. The molecule has 1 aromatic heterocycles. The minimum absolute atomic E-state index is 0.143. The van der Waals surface area contributed by atoms with Crippen LogP contribution in [0.15, 0.2) is 59.8 Å². The van der Waals surface area contributed by atoms with Gasteiger partial charge in [-0.3, -0.25) is 9.36 Å². The average Bonchev–Trinajstić information content (AvgIpc) is 3.15. The third-order valence-electron chi connectivity index (χ3n) is 5.34. The summed E-state index contributed by atoms with van der Waals surface area (Å²) in [5, 5.41) is 9.41. The zero-order valence-electron chi connectivity index (χ0n) is 17.0. The van der Waals surface area contributed by atoms with Crippen LogP contribution in [-0.4, -0.2) is 44.4 Å². The molecular weight excluding hydrogens is 399 g/mol. The zero-order valence-corrected chi connectivity index (χ0v) is 17.8. The normalized spacial score (nSPS) is 16.6. The summed E-state index contributed by atoms with van der Waals surface area (Å²) in [6.45, 7) is 4.44. The molecule has 0 unspecified atom stereocenters. The number of amides is 1. The molecule has 0 aliphatic carbocycles. The SMILES string of the molecule is C[C@@H]1CCCN(C(=O)CSc2nnc(-c3ccc(F)cc3)n2Cc2ccccc2)C1. The highest BCUT2D eigenvalue weighted by molar-refractivity contribution is 7.99. The molecule has 5 nitrogen and oxygen atoms in total. The fourth-order valence-corrected chi connectivity index (χ4v) is 4.59. The number of halogens is 1. The van der Waals surface area contributed by atoms with Crippen LogP contribution in [0.1, 0.15) is 25.3 Å². The molecule has 1 aliphatic rings. The Balaban J connectivity index is 1.56. The van der Waals surface area contributed by atoms with Crippen molar-refractivity contribution >= 4 is 17.7 Å². The van der Waals surface area contributed by atoms with Crippen LogP contribution < -0.4 is 0 Å². The van der Waals surface area contributed by atoms with Gasteiger partial charge in [-0.15, -0.1) is 10.2 Å². The second kappa shape index (κ2) is 9.43. The van der Waals surface area contributed by atoms with Crippen molar-refractivity contribution in [2.75, 3.05) is 18.8 Å². The highest BCUT2D eigenvalue weighted by Gasteiger charge is 2.22. The van der Waals surface area contributed by atoms with E-state index in [0.717, 1.165) is 30.6 Å². The van der Waals surface area contributed by atoms with E-state index < -0.39 is 0 Å². The van der Waals surface area contributed by atoms with Crippen molar-refractivity contribution < 1.29 is 9.18 Å². The molecular formula is C23H25FN4OS. The summed E-state index contributed by atoms with van der Waals surface area (Å²) in [4.78, 5) is 14.7. The second-order valence-electron chi connectivity index (χ2n) is 7.76. The molecule has 4 rings (SSSR count). The number of aromatic nitrogens is 3. The lowest BCUT2D eigenvalue weighted by Crippen LogP contribution is -2.40.